The van der Waals surface area contributed by atoms with Gasteiger partial charge in [0, 0.05) is 52.0 Å². The van der Waals surface area contributed by atoms with E-state index >= 15 is 0 Å². The van der Waals surface area contributed by atoms with E-state index in [0.29, 0.717) is 17.6 Å². The maximum atomic E-state index is 13.9. The molecular formula is C26H26FN5O2. The zero-order valence-corrected chi connectivity index (χ0v) is 18.8. The van der Waals surface area contributed by atoms with Crippen molar-refractivity contribution in [1.29, 1.82) is 0 Å². The monoisotopic (exact) mass is 459 g/mol. The van der Waals surface area contributed by atoms with Gasteiger partial charge in [-0.15, -0.1) is 0 Å². The number of hydrogen-bond acceptors (Lipinski definition) is 5. The minimum Gasteiger partial charge on any atom is -0.299 e. The molecule has 2 aromatic carbocycles. The third kappa shape index (κ3) is 4.55. The number of fused-ring (bicyclic) bond motifs is 1. The number of rotatable bonds is 6. The van der Waals surface area contributed by atoms with Crippen LogP contribution in [0.5, 0.6) is 0 Å². The van der Waals surface area contributed by atoms with Gasteiger partial charge in [-0.25, -0.2) is 18.7 Å². The second-order valence-corrected chi connectivity index (χ2v) is 8.53. The van der Waals surface area contributed by atoms with Crippen molar-refractivity contribution in [1.82, 2.24) is 23.9 Å². The van der Waals surface area contributed by atoms with E-state index < -0.39 is 11.5 Å². The molecule has 0 amide bonds. The molecule has 4 aromatic rings. The molecule has 34 heavy (non-hydrogen) atoms. The molecule has 0 aliphatic carbocycles. The van der Waals surface area contributed by atoms with Gasteiger partial charge in [-0.05, 0) is 35.9 Å². The Morgan fingerprint density at radius 3 is 2.35 bits per heavy atom. The van der Waals surface area contributed by atoms with E-state index in [0.717, 1.165) is 32.7 Å². The largest absolute Gasteiger partial charge is 0.337 e. The Morgan fingerprint density at radius 2 is 1.59 bits per heavy atom. The van der Waals surface area contributed by atoms with Crippen molar-refractivity contribution in [3.63, 3.8) is 0 Å². The number of pyridine rings is 1. The summed E-state index contributed by atoms with van der Waals surface area (Å²) in [6, 6.07) is 19.5. The van der Waals surface area contributed by atoms with Crippen LogP contribution in [-0.4, -0.2) is 56.6 Å². The molecule has 1 saturated heterocycles. The van der Waals surface area contributed by atoms with Crippen molar-refractivity contribution < 1.29 is 4.39 Å². The second-order valence-electron chi connectivity index (χ2n) is 8.53. The molecule has 8 heteroatoms. The quantitative estimate of drug-likeness (QED) is 0.443. The zero-order valence-electron chi connectivity index (χ0n) is 18.8. The van der Waals surface area contributed by atoms with Crippen LogP contribution in [0.3, 0.4) is 0 Å². The molecule has 0 bridgehead atoms. The average Bonchev–Trinajstić information content (AvgIpc) is 2.86. The molecular weight excluding hydrogens is 433 g/mol. The highest BCUT2D eigenvalue weighted by Gasteiger charge is 2.19. The van der Waals surface area contributed by atoms with Gasteiger partial charge in [0.15, 0.2) is 5.65 Å². The molecule has 3 heterocycles. The van der Waals surface area contributed by atoms with Crippen LogP contribution in [0.25, 0.3) is 16.7 Å². The summed E-state index contributed by atoms with van der Waals surface area (Å²) in [6.07, 6.45) is 1.52. The van der Waals surface area contributed by atoms with E-state index in [9.17, 15) is 14.0 Å². The van der Waals surface area contributed by atoms with Crippen LogP contribution in [-0.2, 0) is 13.1 Å². The third-order valence-electron chi connectivity index (χ3n) is 6.32. The second kappa shape index (κ2) is 9.70. The van der Waals surface area contributed by atoms with Crippen molar-refractivity contribution in [2.24, 2.45) is 0 Å². The Balaban J connectivity index is 1.36. The molecule has 0 radical (unpaired) electrons. The Kier molecular flexibility index (Phi) is 6.33. The first-order valence-electron chi connectivity index (χ1n) is 11.5. The fourth-order valence-electron chi connectivity index (χ4n) is 4.48. The van der Waals surface area contributed by atoms with E-state index in [2.05, 4.69) is 39.0 Å². The predicted molar refractivity (Wildman–Crippen MR) is 130 cm³/mol. The van der Waals surface area contributed by atoms with Crippen molar-refractivity contribution in [3.8, 4) is 5.69 Å². The summed E-state index contributed by atoms with van der Waals surface area (Å²) in [5, 5.41) is 0.332. The molecule has 7 nitrogen and oxygen atoms in total. The van der Waals surface area contributed by atoms with Gasteiger partial charge in [-0.1, -0.05) is 36.4 Å². The Morgan fingerprint density at radius 1 is 0.824 bits per heavy atom. The van der Waals surface area contributed by atoms with E-state index in [-0.39, 0.29) is 17.8 Å². The van der Waals surface area contributed by atoms with Gasteiger partial charge in [0.25, 0.3) is 5.56 Å². The highest BCUT2D eigenvalue weighted by molar-refractivity contribution is 5.75. The van der Waals surface area contributed by atoms with E-state index in [4.69, 9.17) is 0 Å². The highest BCUT2D eigenvalue weighted by atomic mass is 19.1. The fraction of sp³-hybridized carbons (Fsp3) is 0.269. The molecule has 0 atom stereocenters. The fourth-order valence-corrected chi connectivity index (χ4v) is 4.48. The van der Waals surface area contributed by atoms with Gasteiger partial charge < -0.3 is 0 Å². The van der Waals surface area contributed by atoms with Crippen molar-refractivity contribution in [2.45, 2.75) is 13.1 Å². The SMILES string of the molecule is O=c1c2cccnc2n(-c2cccc(F)c2)c(=O)n1CCN1CCN(Cc2ccccc2)CC1. The normalized spacial score (nSPS) is 15.1. The van der Waals surface area contributed by atoms with Crippen LogP contribution < -0.4 is 11.2 Å². The summed E-state index contributed by atoms with van der Waals surface area (Å²) in [4.78, 5) is 35.5. The summed E-state index contributed by atoms with van der Waals surface area (Å²) in [6.45, 7) is 5.37. The summed E-state index contributed by atoms with van der Waals surface area (Å²) in [7, 11) is 0. The molecule has 0 spiro atoms. The highest BCUT2D eigenvalue weighted by Crippen LogP contribution is 2.13. The van der Waals surface area contributed by atoms with Crippen molar-refractivity contribution in [2.75, 3.05) is 32.7 Å². The lowest BCUT2D eigenvalue weighted by Gasteiger charge is -2.34. The molecule has 174 valence electrons. The Labute approximate surface area is 196 Å². The molecule has 5 rings (SSSR count). The maximum absolute atomic E-state index is 13.9. The lowest BCUT2D eigenvalue weighted by Crippen LogP contribution is -2.48. The molecule has 0 saturated carbocycles. The molecule has 1 aliphatic heterocycles. The van der Waals surface area contributed by atoms with Gasteiger partial charge >= 0.3 is 5.69 Å². The van der Waals surface area contributed by atoms with Crippen LogP contribution >= 0.6 is 0 Å². The Bertz CT molecular complexity index is 1410. The molecule has 1 aliphatic rings. The third-order valence-corrected chi connectivity index (χ3v) is 6.32. The molecule has 0 unspecified atom stereocenters. The summed E-state index contributed by atoms with van der Waals surface area (Å²) in [5.41, 5.74) is 0.990. The van der Waals surface area contributed by atoms with Crippen LogP contribution in [0.1, 0.15) is 5.56 Å². The maximum Gasteiger partial charge on any atom is 0.337 e. The molecule has 1 fully saturated rings. The predicted octanol–water partition coefficient (Wildman–Crippen LogP) is 2.50. The first kappa shape index (κ1) is 22.2. The minimum absolute atomic E-state index is 0.230. The van der Waals surface area contributed by atoms with E-state index in [1.54, 1.807) is 18.2 Å². The van der Waals surface area contributed by atoms with Crippen LogP contribution in [0.4, 0.5) is 4.39 Å². The smallest absolute Gasteiger partial charge is 0.299 e. The lowest BCUT2D eigenvalue weighted by atomic mass is 10.2. The number of aromatic nitrogens is 3. The van der Waals surface area contributed by atoms with E-state index in [1.807, 2.05) is 6.07 Å². The lowest BCUT2D eigenvalue weighted by molar-refractivity contribution is 0.123. The number of nitrogens with zero attached hydrogens (tertiary/aromatic N) is 5. The number of hydrogen-bond donors (Lipinski definition) is 0. The van der Waals surface area contributed by atoms with Crippen LogP contribution in [0.2, 0.25) is 0 Å². The first-order valence-corrected chi connectivity index (χ1v) is 11.5. The van der Waals surface area contributed by atoms with Crippen molar-refractivity contribution >= 4 is 11.0 Å². The minimum atomic E-state index is -0.510. The summed E-state index contributed by atoms with van der Waals surface area (Å²) >= 11 is 0. The van der Waals surface area contributed by atoms with E-state index in [1.165, 1.54) is 39.1 Å². The van der Waals surface area contributed by atoms with Gasteiger partial charge in [0.05, 0.1) is 11.1 Å². The first-order chi connectivity index (χ1) is 16.6. The average molecular weight is 460 g/mol. The topological polar surface area (TPSA) is 63.4 Å². The number of piperazine rings is 1. The van der Waals surface area contributed by atoms with Gasteiger partial charge in [-0.3, -0.25) is 19.2 Å². The standard InChI is InChI=1S/C26H26FN5O2/c27-21-8-4-9-22(18-21)32-24-23(10-5-11-28-24)25(33)31(26(32)34)17-16-29-12-14-30(15-13-29)19-20-6-2-1-3-7-20/h1-11,18H,12-17,19H2. The number of benzene rings is 2. The molecule has 0 N–H and O–H groups in total. The summed E-state index contributed by atoms with van der Waals surface area (Å²) < 4.78 is 16.5. The Hall–Kier alpha value is -3.62. The molecule has 2 aromatic heterocycles. The summed E-state index contributed by atoms with van der Waals surface area (Å²) in [5.74, 6) is -0.459. The van der Waals surface area contributed by atoms with Crippen LogP contribution in [0.15, 0.2) is 82.5 Å². The van der Waals surface area contributed by atoms with Crippen LogP contribution in [0, 0.1) is 5.82 Å². The van der Waals surface area contributed by atoms with Crippen molar-refractivity contribution in [3.05, 3.63) is 105 Å². The van der Waals surface area contributed by atoms with Gasteiger partial charge in [-0.2, -0.15) is 0 Å². The van der Waals surface area contributed by atoms with Gasteiger partial charge in [0.2, 0.25) is 0 Å². The number of halogens is 1. The van der Waals surface area contributed by atoms with Gasteiger partial charge in [0.1, 0.15) is 5.82 Å². The zero-order chi connectivity index (χ0) is 23.5.